The zero-order valence-electron chi connectivity index (χ0n) is 10.9. The Morgan fingerprint density at radius 1 is 1.21 bits per heavy atom. The summed E-state index contributed by atoms with van der Waals surface area (Å²) in [7, 11) is 0. The van der Waals surface area contributed by atoms with E-state index in [-0.39, 0.29) is 12.3 Å². The molecule has 3 nitrogen and oxygen atoms in total. The Labute approximate surface area is 112 Å². The maximum Gasteiger partial charge on any atom is 0.303 e. The lowest BCUT2D eigenvalue weighted by atomic mass is 9.96. The van der Waals surface area contributed by atoms with E-state index < -0.39 is 5.97 Å². The van der Waals surface area contributed by atoms with Crippen LogP contribution in [0.1, 0.15) is 18.9 Å². The third-order valence-electron chi connectivity index (χ3n) is 3.06. The van der Waals surface area contributed by atoms with E-state index in [0.29, 0.717) is 0 Å². The van der Waals surface area contributed by atoms with Crippen molar-refractivity contribution >= 4 is 5.97 Å². The fourth-order valence-corrected chi connectivity index (χ4v) is 2.14. The molecule has 0 aliphatic rings. The number of aromatic nitrogens is 1. The summed E-state index contributed by atoms with van der Waals surface area (Å²) in [5.41, 5.74) is 3.39. The molecule has 0 bridgehead atoms. The van der Waals surface area contributed by atoms with E-state index >= 15 is 0 Å². The van der Waals surface area contributed by atoms with Crippen molar-refractivity contribution in [1.29, 1.82) is 0 Å². The minimum atomic E-state index is -0.737. The van der Waals surface area contributed by atoms with Crippen LogP contribution in [0.2, 0.25) is 0 Å². The third kappa shape index (κ3) is 3.91. The van der Waals surface area contributed by atoms with Crippen molar-refractivity contribution in [1.82, 2.24) is 4.98 Å². The molecule has 0 amide bonds. The van der Waals surface area contributed by atoms with Crippen LogP contribution in [0.5, 0.6) is 0 Å². The zero-order valence-corrected chi connectivity index (χ0v) is 10.9. The van der Waals surface area contributed by atoms with Crippen LogP contribution in [-0.2, 0) is 11.2 Å². The first-order chi connectivity index (χ1) is 9.15. The van der Waals surface area contributed by atoms with Gasteiger partial charge in [-0.05, 0) is 35.1 Å². The van der Waals surface area contributed by atoms with Gasteiger partial charge in [0.05, 0.1) is 0 Å². The van der Waals surface area contributed by atoms with Gasteiger partial charge in [-0.15, -0.1) is 0 Å². The Morgan fingerprint density at radius 3 is 2.53 bits per heavy atom. The van der Waals surface area contributed by atoms with Crippen molar-refractivity contribution in [2.45, 2.75) is 19.8 Å². The van der Waals surface area contributed by atoms with Gasteiger partial charge < -0.3 is 5.11 Å². The number of carbonyl (C=O) groups is 1. The van der Waals surface area contributed by atoms with Gasteiger partial charge in [-0.3, -0.25) is 9.78 Å². The van der Waals surface area contributed by atoms with Crippen molar-refractivity contribution in [3.63, 3.8) is 0 Å². The lowest BCUT2D eigenvalue weighted by Crippen LogP contribution is -2.06. The molecule has 2 rings (SSSR count). The Hall–Kier alpha value is -2.16. The van der Waals surface area contributed by atoms with Gasteiger partial charge in [-0.2, -0.15) is 0 Å². The highest BCUT2D eigenvalue weighted by atomic mass is 16.4. The highest BCUT2D eigenvalue weighted by Crippen LogP contribution is 2.20. The van der Waals surface area contributed by atoms with E-state index in [2.05, 4.69) is 29.2 Å². The summed E-state index contributed by atoms with van der Waals surface area (Å²) < 4.78 is 0. The van der Waals surface area contributed by atoms with Crippen LogP contribution >= 0.6 is 0 Å². The quantitative estimate of drug-likeness (QED) is 0.890. The lowest BCUT2D eigenvalue weighted by Gasteiger charge is -2.09. The molecule has 19 heavy (non-hydrogen) atoms. The zero-order chi connectivity index (χ0) is 13.7. The Balaban J connectivity index is 2.05. The fraction of sp³-hybridized carbons (Fsp3) is 0.250. The Kier molecular flexibility index (Phi) is 4.29. The van der Waals surface area contributed by atoms with Gasteiger partial charge in [0.2, 0.25) is 0 Å². The molecule has 0 radical (unpaired) electrons. The number of aliphatic carboxylic acids is 1. The normalized spacial score (nSPS) is 12.1. The van der Waals surface area contributed by atoms with Crippen LogP contribution in [-0.4, -0.2) is 16.1 Å². The average molecular weight is 255 g/mol. The van der Waals surface area contributed by atoms with Gasteiger partial charge in [-0.25, -0.2) is 0 Å². The average Bonchev–Trinajstić information content (AvgIpc) is 2.39. The molecule has 0 spiro atoms. The molecule has 0 fully saturated rings. The largest absolute Gasteiger partial charge is 0.481 e. The number of nitrogens with zero attached hydrogens (tertiary/aromatic N) is 1. The molecule has 98 valence electrons. The van der Waals surface area contributed by atoms with E-state index in [1.807, 2.05) is 25.3 Å². The molecular formula is C16H17NO2. The van der Waals surface area contributed by atoms with Crippen LogP contribution in [0, 0.1) is 5.92 Å². The predicted molar refractivity (Wildman–Crippen MR) is 74.8 cm³/mol. The van der Waals surface area contributed by atoms with Gasteiger partial charge >= 0.3 is 5.97 Å². The summed E-state index contributed by atoms with van der Waals surface area (Å²) in [5, 5.41) is 8.75. The molecule has 1 aromatic heterocycles. The monoisotopic (exact) mass is 255 g/mol. The summed E-state index contributed by atoms with van der Waals surface area (Å²) in [5.74, 6) is -0.582. The number of carboxylic acids is 1. The molecule has 1 N–H and O–H groups in total. The predicted octanol–water partition coefficient (Wildman–Crippen LogP) is 3.40. The number of pyridine rings is 1. The van der Waals surface area contributed by atoms with Gasteiger partial charge in [0.1, 0.15) is 0 Å². The standard InChI is InChI=1S/C16H17NO2/c1-12(10-16(18)19)9-13-4-6-14(7-5-13)15-3-2-8-17-11-15/h2-8,11-12H,9-10H2,1H3,(H,18,19). The minimum absolute atomic E-state index is 0.154. The fourth-order valence-electron chi connectivity index (χ4n) is 2.14. The van der Waals surface area contributed by atoms with Crippen molar-refractivity contribution < 1.29 is 9.90 Å². The molecule has 1 unspecified atom stereocenters. The van der Waals surface area contributed by atoms with E-state index in [4.69, 9.17) is 5.11 Å². The molecule has 1 aromatic carbocycles. The third-order valence-corrected chi connectivity index (χ3v) is 3.06. The molecule has 2 aromatic rings. The van der Waals surface area contributed by atoms with Gasteiger partial charge in [0.25, 0.3) is 0 Å². The van der Waals surface area contributed by atoms with Gasteiger partial charge in [-0.1, -0.05) is 37.3 Å². The molecule has 0 saturated carbocycles. The van der Waals surface area contributed by atoms with E-state index in [9.17, 15) is 4.79 Å². The Bertz CT molecular complexity index is 534. The van der Waals surface area contributed by atoms with E-state index in [0.717, 1.165) is 17.5 Å². The summed E-state index contributed by atoms with van der Waals surface area (Å²) in [4.78, 5) is 14.7. The van der Waals surface area contributed by atoms with Crippen LogP contribution in [0.4, 0.5) is 0 Å². The molecule has 0 saturated heterocycles. The SMILES string of the molecule is CC(CC(=O)O)Cc1ccc(-c2cccnc2)cc1. The maximum absolute atomic E-state index is 10.6. The molecule has 1 heterocycles. The highest BCUT2D eigenvalue weighted by Gasteiger charge is 2.08. The second-order valence-electron chi connectivity index (χ2n) is 4.85. The number of carboxylic acid groups (broad SMARTS) is 1. The molecule has 3 heteroatoms. The van der Waals surface area contributed by atoms with Crippen LogP contribution in [0.25, 0.3) is 11.1 Å². The van der Waals surface area contributed by atoms with Crippen LogP contribution < -0.4 is 0 Å². The molecule has 0 aliphatic heterocycles. The first-order valence-electron chi connectivity index (χ1n) is 6.36. The van der Waals surface area contributed by atoms with Crippen molar-refractivity contribution in [2.24, 2.45) is 5.92 Å². The smallest absolute Gasteiger partial charge is 0.303 e. The molecule has 1 atom stereocenters. The second kappa shape index (κ2) is 6.14. The Morgan fingerprint density at radius 2 is 1.95 bits per heavy atom. The number of rotatable bonds is 5. The van der Waals surface area contributed by atoms with E-state index in [1.165, 1.54) is 5.56 Å². The first-order valence-corrected chi connectivity index (χ1v) is 6.36. The van der Waals surface area contributed by atoms with E-state index in [1.54, 1.807) is 6.20 Å². The number of benzene rings is 1. The summed E-state index contributed by atoms with van der Waals surface area (Å²) in [6.07, 6.45) is 4.59. The van der Waals surface area contributed by atoms with Crippen molar-refractivity contribution in [3.05, 3.63) is 54.4 Å². The number of hydrogen-bond acceptors (Lipinski definition) is 2. The highest BCUT2D eigenvalue weighted by molar-refractivity contribution is 5.67. The summed E-state index contributed by atoms with van der Waals surface area (Å²) in [6, 6.07) is 12.2. The van der Waals surface area contributed by atoms with Gasteiger partial charge in [0, 0.05) is 18.8 Å². The van der Waals surface area contributed by atoms with Crippen LogP contribution in [0.3, 0.4) is 0 Å². The summed E-state index contributed by atoms with van der Waals surface area (Å²) in [6.45, 7) is 1.96. The minimum Gasteiger partial charge on any atom is -0.481 e. The van der Waals surface area contributed by atoms with Crippen molar-refractivity contribution in [2.75, 3.05) is 0 Å². The summed E-state index contributed by atoms with van der Waals surface area (Å²) >= 11 is 0. The van der Waals surface area contributed by atoms with Gasteiger partial charge in [0.15, 0.2) is 0 Å². The first kappa shape index (κ1) is 13.3. The molecular weight excluding hydrogens is 238 g/mol. The topological polar surface area (TPSA) is 50.2 Å². The maximum atomic E-state index is 10.6. The number of hydrogen-bond donors (Lipinski definition) is 1. The second-order valence-corrected chi connectivity index (χ2v) is 4.85. The van der Waals surface area contributed by atoms with Crippen molar-refractivity contribution in [3.8, 4) is 11.1 Å². The lowest BCUT2D eigenvalue weighted by molar-refractivity contribution is -0.137. The van der Waals surface area contributed by atoms with Crippen LogP contribution in [0.15, 0.2) is 48.8 Å². The molecule has 0 aliphatic carbocycles.